The summed E-state index contributed by atoms with van der Waals surface area (Å²) in [5.74, 6) is 2.21. The van der Waals surface area contributed by atoms with E-state index in [-0.39, 0.29) is 12.5 Å². The summed E-state index contributed by atoms with van der Waals surface area (Å²) in [7, 11) is 0. The van der Waals surface area contributed by atoms with Gasteiger partial charge in [0.1, 0.15) is 5.75 Å². The first-order valence-corrected chi connectivity index (χ1v) is 9.85. The summed E-state index contributed by atoms with van der Waals surface area (Å²) in [5.41, 5.74) is 3.17. The van der Waals surface area contributed by atoms with Crippen LogP contribution < -0.4 is 10.1 Å². The predicted octanol–water partition coefficient (Wildman–Crippen LogP) is 5.04. The lowest BCUT2D eigenvalue weighted by molar-refractivity contribution is -0.122. The van der Waals surface area contributed by atoms with Gasteiger partial charge in [0.25, 0.3) is 5.91 Å². The molecule has 0 aliphatic carbocycles. The number of benzene rings is 2. The van der Waals surface area contributed by atoms with Gasteiger partial charge in [-0.2, -0.15) is 11.8 Å². The smallest absolute Gasteiger partial charge is 0.257 e. The molecule has 0 spiro atoms. The van der Waals surface area contributed by atoms with Gasteiger partial charge in [-0.05, 0) is 48.7 Å². The monoisotopic (exact) mass is 397 g/mol. The van der Waals surface area contributed by atoms with E-state index < -0.39 is 0 Å². The number of halogens is 2. The summed E-state index contributed by atoms with van der Waals surface area (Å²) < 4.78 is 5.58. The van der Waals surface area contributed by atoms with Gasteiger partial charge in [-0.3, -0.25) is 4.79 Å². The molecule has 0 atom stereocenters. The topological polar surface area (TPSA) is 38.3 Å². The van der Waals surface area contributed by atoms with Gasteiger partial charge in [0, 0.05) is 28.1 Å². The number of ether oxygens (including phenoxy) is 1. The van der Waals surface area contributed by atoms with E-state index in [1.165, 1.54) is 0 Å². The van der Waals surface area contributed by atoms with E-state index in [2.05, 4.69) is 5.32 Å². The molecule has 0 aliphatic heterocycles. The van der Waals surface area contributed by atoms with Crippen molar-refractivity contribution in [2.45, 2.75) is 19.6 Å². The number of thioether (sulfide) groups is 1. The Kier molecular flexibility index (Phi) is 7.94. The molecule has 0 saturated heterocycles. The second-order valence-corrected chi connectivity index (χ2v) is 7.64. The first-order chi connectivity index (χ1) is 12.0. The van der Waals surface area contributed by atoms with Crippen LogP contribution in [0.4, 0.5) is 0 Å². The predicted molar refractivity (Wildman–Crippen MR) is 107 cm³/mol. The standard InChI is InChI=1S/C19H21Cl2NO2S/c1-13-3-4-14(2)18(9-13)24-11-19(23)22-7-8-25-12-15-5-6-16(20)10-17(15)21/h3-6,9-10H,7-8,11-12H2,1-2H3,(H,22,23). The Morgan fingerprint density at radius 2 is 1.96 bits per heavy atom. The maximum Gasteiger partial charge on any atom is 0.257 e. The number of rotatable bonds is 8. The first kappa shape index (κ1) is 20.0. The molecule has 0 fully saturated rings. The molecule has 134 valence electrons. The van der Waals surface area contributed by atoms with Gasteiger partial charge >= 0.3 is 0 Å². The fourth-order valence-electron chi connectivity index (χ4n) is 2.14. The Hall–Kier alpha value is -1.36. The van der Waals surface area contributed by atoms with Crippen molar-refractivity contribution in [2.24, 2.45) is 0 Å². The van der Waals surface area contributed by atoms with Crippen LogP contribution in [0.25, 0.3) is 0 Å². The molecule has 25 heavy (non-hydrogen) atoms. The molecular weight excluding hydrogens is 377 g/mol. The minimum atomic E-state index is -0.119. The van der Waals surface area contributed by atoms with Crippen LogP contribution in [-0.4, -0.2) is 24.8 Å². The molecule has 0 radical (unpaired) electrons. The molecule has 2 aromatic carbocycles. The van der Waals surface area contributed by atoms with Gasteiger partial charge in [-0.1, -0.05) is 41.4 Å². The van der Waals surface area contributed by atoms with Crippen LogP contribution in [0, 0.1) is 13.8 Å². The normalized spacial score (nSPS) is 10.6. The summed E-state index contributed by atoms with van der Waals surface area (Å²) in [6.07, 6.45) is 0. The Balaban J connectivity index is 1.64. The third kappa shape index (κ3) is 6.81. The van der Waals surface area contributed by atoms with Crippen molar-refractivity contribution in [2.75, 3.05) is 18.9 Å². The fraction of sp³-hybridized carbons (Fsp3) is 0.316. The number of aryl methyl sites for hydroxylation is 2. The van der Waals surface area contributed by atoms with Crippen LogP contribution in [0.1, 0.15) is 16.7 Å². The van der Waals surface area contributed by atoms with Gasteiger partial charge in [-0.15, -0.1) is 0 Å². The SMILES string of the molecule is Cc1ccc(C)c(OCC(=O)NCCSCc2ccc(Cl)cc2Cl)c1. The highest BCUT2D eigenvalue weighted by Gasteiger charge is 2.05. The van der Waals surface area contributed by atoms with E-state index in [1.807, 2.05) is 44.2 Å². The molecule has 0 bridgehead atoms. The zero-order valence-corrected chi connectivity index (χ0v) is 16.6. The van der Waals surface area contributed by atoms with Crippen LogP contribution in [0.5, 0.6) is 5.75 Å². The summed E-state index contributed by atoms with van der Waals surface area (Å²) in [4.78, 5) is 11.9. The zero-order valence-electron chi connectivity index (χ0n) is 14.3. The number of hydrogen-bond donors (Lipinski definition) is 1. The van der Waals surface area contributed by atoms with E-state index in [9.17, 15) is 4.79 Å². The molecule has 0 saturated carbocycles. The van der Waals surface area contributed by atoms with E-state index in [4.69, 9.17) is 27.9 Å². The van der Waals surface area contributed by atoms with Crippen LogP contribution in [0.3, 0.4) is 0 Å². The van der Waals surface area contributed by atoms with Crippen LogP contribution in [-0.2, 0) is 10.5 Å². The second-order valence-electron chi connectivity index (χ2n) is 5.70. The van der Waals surface area contributed by atoms with Gasteiger partial charge in [0.15, 0.2) is 6.61 Å². The molecule has 0 unspecified atom stereocenters. The molecule has 2 aromatic rings. The highest BCUT2D eigenvalue weighted by molar-refractivity contribution is 7.98. The van der Waals surface area contributed by atoms with Gasteiger partial charge in [-0.25, -0.2) is 0 Å². The van der Waals surface area contributed by atoms with Crippen LogP contribution >= 0.6 is 35.0 Å². The lowest BCUT2D eigenvalue weighted by atomic mass is 10.1. The quantitative estimate of drug-likeness (QED) is 0.634. The molecule has 6 heteroatoms. The van der Waals surface area contributed by atoms with Gasteiger partial charge in [0.05, 0.1) is 0 Å². The molecule has 1 amide bonds. The maximum absolute atomic E-state index is 11.9. The van der Waals surface area contributed by atoms with Crippen LogP contribution in [0.2, 0.25) is 10.0 Å². The van der Waals surface area contributed by atoms with Crippen molar-refractivity contribution in [3.05, 3.63) is 63.1 Å². The molecule has 2 rings (SSSR count). The molecule has 0 aliphatic rings. The van der Waals surface area contributed by atoms with Crippen molar-refractivity contribution in [3.8, 4) is 5.75 Å². The highest BCUT2D eigenvalue weighted by atomic mass is 35.5. The maximum atomic E-state index is 11.9. The van der Waals surface area contributed by atoms with Crippen molar-refractivity contribution >= 4 is 40.9 Å². The summed E-state index contributed by atoms with van der Waals surface area (Å²) >= 11 is 13.7. The van der Waals surface area contributed by atoms with E-state index in [0.717, 1.165) is 33.9 Å². The minimum absolute atomic E-state index is 0.0258. The van der Waals surface area contributed by atoms with E-state index in [0.29, 0.717) is 16.6 Å². The summed E-state index contributed by atoms with van der Waals surface area (Å²) in [5, 5.41) is 4.16. The first-order valence-electron chi connectivity index (χ1n) is 7.94. The summed E-state index contributed by atoms with van der Waals surface area (Å²) in [6.45, 7) is 4.57. The Bertz CT molecular complexity index is 737. The third-order valence-electron chi connectivity index (χ3n) is 3.54. The van der Waals surface area contributed by atoms with Crippen molar-refractivity contribution in [3.63, 3.8) is 0 Å². The highest BCUT2D eigenvalue weighted by Crippen LogP contribution is 2.24. The van der Waals surface area contributed by atoms with Gasteiger partial charge < -0.3 is 10.1 Å². The van der Waals surface area contributed by atoms with E-state index in [1.54, 1.807) is 17.8 Å². The number of amides is 1. The second kappa shape index (κ2) is 9.95. The van der Waals surface area contributed by atoms with E-state index >= 15 is 0 Å². The summed E-state index contributed by atoms with van der Waals surface area (Å²) in [6, 6.07) is 11.4. The average Bonchev–Trinajstić information content (AvgIpc) is 2.57. The molecule has 0 heterocycles. The number of nitrogens with one attached hydrogen (secondary N) is 1. The number of carbonyl (C=O) groups is 1. The largest absolute Gasteiger partial charge is 0.483 e. The number of carbonyl (C=O) groups excluding carboxylic acids is 1. The molecular formula is C19H21Cl2NO2S. The Labute approximate surface area is 163 Å². The van der Waals surface area contributed by atoms with Crippen molar-refractivity contribution in [1.29, 1.82) is 0 Å². The van der Waals surface area contributed by atoms with Gasteiger partial charge in [0.2, 0.25) is 0 Å². The molecule has 0 aromatic heterocycles. The zero-order chi connectivity index (χ0) is 18.2. The lowest BCUT2D eigenvalue weighted by Gasteiger charge is -2.10. The lowest BCUT2D eigenvalue weighted by Crippen LogP contribution is -2.30. The Morgan fingerprint density at radius 1 is 1.16 bits per heavy atom. The Morgan fingerprint density at radius 3 is 2.72 bits per heavy atom. The minimum Gasteiger partial charge on any atom is -0.483 e. The third-order valence-corrected chi connectivity index (χ3v) is 5.14. The average molecular weight is 398 g/mol. The number of hydrogen-bond acceptors (Lipinski definition) is 3. The van der Waals surface area contributed by atoms with Crippen molar-refractivity contribution in [1.82, 2.24) is 5.32 Å². The van der Waals surface area contributed by atoms with Crippen LogP contribution in [0.15, 0.2) is 36.4 Å². The molecule has 1 N–H and O–H groups in total. The van der Waals surface area contributed by atoms with Crippen molar-refractivity contribution < 1.29 is 9.53 Å². The fourth-order valence-corrected chi connectivity index (χ4v) is 3.56. The molecule has 3 nitrogen and oxygen atoms in total.